The fourth-order valence-electron chi connectivity index (χ4n) is 3.73. The fourth-order valence-corrected chi connectivity index (χ4v) is 4.69. The number of carbonyl (C=O) groups excluding carboxylic acids is 3. The van der Waals surface area contributed by atoms with Crippen LogP contribution in [0.15, 0.2) is 18.2 Å². The molecule has 0 saturated carbocycles. The number of ketones is 1. The number of Topliss-reactive ketones (excluding diaryl/α,β-unsaturated/α-hetero) is 1. The zero-order valence-corrected chi connectivity index (χ0v) is 18.8. The van der Waals surface area contributed by atoms with Gasteiger partial charge in [-0.25, -0.2) is 18.0 Å². The molecular weight excluding hydrogens is 424 g/mol. The summed E-state index contributed by atoms with van der Waals surface area (Å²) >= 11 is 0. The topological polar surface area (TPSA) is 123 Å². The molecule has 10 heteroatoms. The van der Waals surface area contributed by atoms with Crippen LogP contribution in [0.3, 0.4) is 0 Å². The second kappa shape index (κ2) is 8.18. The average Bonchev–Trinajstić information content (AvgIpc) is 3.26. The number of hydrogen-bond donors (Lipinski definition) is 1. The van der Waals surface area contributed by atoms with Crippen LogP contribution in [0.2, 0.25) is 0 Å². The van der Waals surface area contributed by atoms with Crippen molar-refractivity contribution in [3.63, 3.8) is 0 Å². The molecule has 166 valence electrons. The quantitative estimate of drug-likeness (QED) is 0.531. The largest absolute Gasteiger partial charge is 0.465 e. The van der Waals surface area contributed by atoms with E-state index in [0.29, 0.717) is 29.9 Å². The van der Waals surface area contributed by atoms with Gasteiger partial charge in [-0.15, -0.1) is 0 Å². The molecule has 9 nitrogen and oxygen atoms in total. The van der Waals surface area contributed by atoms with Gasteiger partial charge in [-0.1, -0.05) is 0 Å². The number of rotatable bonds is 6. The molecule has 0 spiro atoms. The van der Waals surface area contributed by atoms with Crippen LogP contribution in [0.25, 0.3) is 0 Å². The molecule has 0 fully saturated rings. The minimum atomic E-state index is -3.39. The van der Waals surface area contributed by atoms with Gasteiger partial charge >= 0.3 is 11.9 Å². The van der Waals surface area contributed by atoms with Crippen LogP contribution in [0.5, 0.6) is 0 Å². The van der Waals surface area contributed by atoms with E-state index in [4.69, 9.17) is 9.47 Å². The lowest BCUT2D eigenvalue weighted by Crippen LogP contribution is -2.27. The number of sulfonamides is 1. The van der Waals surface area contributed by atoms with Crippen molar-refractivity contribution in [2.75, 3.05) is 24.2 Å². The Hall–Kier alpha value is -3.14. The zero-order chi connectivity index (χ0) is 23.1. The molecule has 1 aromatic heterocycles. The van der Waals surface area contributed by atoms with Gasteiger partial charge in [0.15, 0.2) is 6.10 Å². The Morgan fingerprint density at radius 3 is 2.45 bits per heavy atom. The molecule has 0 bridgehead atoms. The number of carbonyl (C=O) groups is 3. The van der Waals surface area contributed by atoms with Gasteiger partial charge in [0.25, 0.3) is 0 Å². The van der Waals surface area contributed by atoms with Crippen molar-refractivity contribution in [1.29, 1.82) is 0 Å². The van der Waals surface area contributed by atoms with Crippen molar-refractivity contribution in [3.8, 4) is 0 Å². The Morgan fingerprint density at radius 2 is 1.84 bits per heavy atom. The standard InChI is InChI=1S/C21H24N2O7S/c1-11-17(21(26)29-4)12(2)22-18(11)19(24)13(3)30-20(25)15-6-7-16-14(10-15)8-9-23(16)31(5,27)28/h6-7,10,13,22H,8-9H2,1-5H3. The number of ether oxygens (including phenoxy) is 2. The monoisotopic (exact) mass is 448 g/mol. The Kier molecular flexibility index (Phi) is 5.95. The predicted molar refractivity (Wildman–Crippen MR) is 113 cm³/mol. The third-order valence-corrected chi connectivity index (χ3v) is 6.47. The van der Waals surface area contributed by atoms with E-state index in [0.717, 1.165) is 11.8 Å². The van der Waals surface area contributed by atoms with Gasteiger partial charge in [-0.2, -0.15) is 0 Å². The van der Waals surface area contributed by atoms with Crippen molar-refractivity contribution >= 4 is 33.4 Å². The van der Waals surface area contributed by atoms with Crippen molar-refractivity contribution in [1.82, 2.24) is 4.98 Å². The number of fused-ring (bicyclic) bond motifs is 1. The van der Waals surface area contributed by atoms with Gasteiger partial charge in [0.1, 0.15) is 0 Å². The number of aromatic nitrogens is 1. The average molecular weight is 448 g/mol. The van der Waals surface area contributed by atoms with E-state index in [1.807, 2.05) is 0 Å². The fraction of sp³-hybridized carbons (Fsp3) is 0.381. The smallest absolute Gasteiger partial charge is 0.339 e. The van der Waals surface area contributed by atoms with Crippen LogP contribution >= 0.6 is 0 Å². The predicted octanol–water partition coefficient (Wildman–Crippen LogP) is 2.17. The first-order valence-corrected chi connectivity index (χ1v) is 11.4. The summed E-state index contributed by atoms with van der Waals surface area (Å²) in [5.74, 6) is -1.74. The Labute approximate surface area is 180 Å². The number of aromatic amines is 1. The van der Waals surface area contributed by atoms with Gasteiger partial charge in [0.2, 0.25) is 15.8 Å². The highest BCUT2D eigenvalue weighted by molar-refractivity contribution is 7.92. The van der Waals surface area contributed by atoms with Crippen molar-refractivity contribution in [2.45, 2.75) is 33.3 Å². The lowest BCUT2D eigenvalue weighted by Gasteiger charge is -2.17. The number of anilines is 1. The lowest BCUT2D eigenvalue weighted by molar-refractivity contribution is 0.0316. The minimum Gasteiger partial charge on any atom is -0.465 e. The molecule has 1 aromatic carbocycles. The van der Waals surface area contributed by atoms with Crippen LogP contribution in [0.1, 0.15) is 54.9 Å². The Bertz CT molecular complexity index is 1180. The maximum absolute atomic E-state index is 12.8. The van der Waals surface area contributed by atoms with E-state index in [1.54, 1.807) is 26.0 Å². The number of aryl methyl sites for hydroxylation is 1. The minimum absolute atomic E-state index is 0.177. The molecular formula is C21H24N2O7S. The number of hydrogen-bond acceptors (Lipinski definition) is 7. The summed E-state index contributed by atoms with van der Waals surface area (Å²) in [6.07, 6.45) is 0.512. The molecule has 1 aliphatic rings. The second-order valence-electron chi connectivity index (χ2n) is 7.46. The van der Waals surface area contributed by atoms with Gasteiger partial charge in [-0.3, -0.25) is 9.10 Å². The summed E-state index contributed by atoms with van der Waals surface area (Å²) in [7, 11) is -2.13. The van der Waals surface area contributed by atoms with E-state index < -0.39 is 33.8 Å². The number of methoxy groups -OCH3 is 1. The SMILES string of the molecule is COC(=O)c1c(C)[nH]c(C(=O)C(C)OC(=O)c2ccc3c(c2)CCN3S(C)(=O)=O)c1C. The molecule has 0 aliphatic carbocycles. The summed E-state index contributed by atoms with van der Waals surface area (Å²) < 4.78 is 35.1. The van der Waals surface area contributed by atoms with E-state index in [1.165, 1.54) is 24.4 Å². The molecule has 0 amide bonds. The number of H-pyrrole nitrogens is 1. The molecule has 2 aromatic rings. The van der Waals surface area contributed by atoms with Crippen molar-refractivity contribution in [3.05, 3.63) is 51.8 Å². The van der Waals surface area contributed by atoms with E-state index in [9.17, 15) is 22.8 Å². The number of benzene rings is 1. The normalized spacial score (nSPS) is 14.2. The van der Waals surface area contributed by atoms with Crippen molar-refractivity contribution < 1.29 is 32.3 Å². The summed E-state index contributed by atoms with van der Waals surface area (Å²) in [6, 6.07) is 4.62. The number of esters is 2. The molecule has 3 rings (SSSR count). The van der Waals surface area contributed by atoms with Crippen LogP contribution in [-0.2, 0) is 25.9 Å². The second-order valence-corrected chi connectivity index (χ2v) is 9.36. The molecule has 1 unspecified atom stereocenters. The first-order chi connectivity index (χ1) is 14.5. The van der Waals surface area contributed by atoms with E-state index in [-0.39, 0.29) is 16.8 Å². The summed E-state index contributed by atoms with van der Waals surface area (Å²) in [5, 5.41) is 0. The summed E-state index contributed by atoms with van der Waals surface area (Å²) in [4.78, 5) is 40.2. The first kappa shape index (κ1) is 22.5. The highest BCUT2D eigenvalue weighted by atomic mass is 32.2. The molecule has 1 atom stereocenters. The zero-order valence-electron chi connectivity index (χ0n) is 17.9. The lowest BCUT2D eigenvalue weighted by atomic mass is 10.1. The highest BCUT2D eigenvalue weighted by Crippen LogP contribution is 2.31. The number of nitrogens with zero attached hydrogens (tertiary/aromatic N) is 1. The van der Waals surface area contributed by atoms with Crippen LogP contribution in [-0.4, -0.2) is 57.1 Å². The Morgan fingerprint density at radius 1 is 1.16 bits per heavy atom. The molecule has 2 heterocycles. The molecule has 1 aliphatic heterocycles. The van der Waals surface area contributed by atoms with Gasteiger partial charge in [0.05, 0.1) is 35.9 Å². The summed E-state index contributed by atoms with van der Waals surface area (Å²) in [5.41, 5.74) is 2.85. The van der Waals surface area contributed by atoms with Crippen molar-refractivity contribution in [2.24, 2.45) is 0 Å². The van der Waals surface area contributed by atoms with Gasteiger partial charge in [-0.05, 0) is 56.5 Å². The Balaban J connectivity index is 1.77. The van der Waals surface area contributed by atoms with Crippen LogP contribution in [0, 0.1) is 13.8 Å². The maximum atomic E-state index is 12.8. The third-order valence-electron chi connectivity index (χ3n) is 5.29. The number of nitrogens with one attached hydrogen (secondary N) is 1. The van der Waals surface area contributed by atoms with Gasteiger partial charge < -0.3 is 14.5 Å². The molecule has 0 radical (unpaired) electrons. The van der Waals surface area contributed by atoms with Crippen LogP contribution < -0.4 is 4.31 Å². The van der Waals surface area contributed by atoms with Gasteiger partial charge in [0, 0.05) is 12.2 Å². The first-order valence-electron chi connectivity index (χ1n) is 9.59. The molecule has 31 heavy (non-hydrogen) atoms. The molecule has 0 saturated heterocycles. The van der Waals surface area contributed by atoms with Crippen LogP contribution in [0.4, 0.5) is 5.69 Å². The maximum Gasteiger partial charge on any atom is 0.339 e. The summed E-state index contributed by atoms with van der Waals surface area (Å²) in [6.45, 7) is 5.03. The molecule has 1 N–H and O–H groups in total. The van der Waals surface area contributed by atoms with E-state index in [2.05, 4.69) is 4.98 Å². The van der Waals surface area contributed by atoms with E-state index >= 15 is 0 Å². The highest BCUT2D eigenvalue weighted by Gasteiger charge is 2.29. The third kappa shape index (κ3) is 4.20.